The fourth-order valence-electron chi connectivity index (χ4n) is 5.43. The van der Waals surface area contributed by atoms with Gasteiger partial charge in [-0.2, -0.15) is 0 Å². The van der Waals surface area contributed by atoms with Crippen molar-refractivity contribution in [2.24, 2.45) is 5.92 Å². The lowest BCUT2D eigenvalue weighted by Crippen LogP contribution is -2.40. The zero-order valence-electron chi connectivity index (χ0n) is 18.6. The molecule has 1 amide bonds. The summed E-state index contributed by atoms with van der Waals surface area (Å²) in [6.45, 7) is 5.69. The van der Waals surface area contributed by atoms with Crippen molar-refractivity contribution < 1.29 is 4.79 Å². The fraction of sp³-hybridized carbons (Fsp3) is 0.276. The molecule has 1 unspecified atom stereocenters. The largest absolute Gasteiger partial charge is 0.339 e. The predicted octanol–water partition coefficient (Wildman–Crippen LogP) is 7.12. The number of carbonyl (C=O) groups is 1. The van der Waals surface area contributed by atoms with Gasteiger partial charge < -0.3 is 4.90 Å². The first-order valence-electron chi connectivity index (χ1n) is 11.4. The minimum Gasteiger partial charge on any atom is -0.339 e. The number of amides is 1. The van der Waals surface area contributed by atoms with Crippen LogP contribution in [0, 0.1) is 19.8 Å². The Morgan fingerprint density at radius 3 is 2.38 bits per heavy atom. The summed E-state index contributed by atoms with van der Waals surface area (Å²) >= 11 is 6.33. The fourth-order valence-corrected chi connectivity index (χ4v) is 5.61. The first-order valence-corrected chi connectivity index (χ1v) is 11.8. The summed E-state index contributed by atoms with van der Waals surface area (Å²) in [5, 5.41) is 0.770. The van der Waals surface area contributed by atoms with Gasteiger partial charge >= 0.3 is 0 Å². The number of hydrogen-bond donors (Lipinski definition) is 0. The van der Waals surface area contributed by atoms with E-state index in [1.807, 2.05) is 30.0 Å². The van der Waals surface area contributed by atoms with Gasteiger partial charge in [-0.25, -0.2) is 0 Å². The Bertz CT molecular complexity index is 1200. The molecule has 0 bridgehead atoms. The Kier molecular flexibility index (Phi) is 5.65. The highest BCUT2D eigenvalue weighted by Crippen LogP contribution is 2.43. The van der Waals surface area contributed by atoms with Crippen molar-refractivity contribution in [3.05, 3.63) is 105 Å². The molecule has 1 heterocycles. The molecule has 0 N–H and O–H groups in total. The van der Waals surface area contributed by atoms with Gasteiger partial charge in [0.2, 0.25) is 0 Å². The first kappa shape index (κ1) is 21.0. The molecular weight excluding hydrogens is 414 g/mol. The molecule has 1 fully saturated rings. The molecule has 1 saturated heterocycles. The van der Waals surface area contributed by atoms with Crippen LogP contribution in [0.2, 0.25) is 5.02 Å². The monoisotopic (exact) mass is 441 g/mol. The summed E-state index contributed by atoms with van der Waals surface area (Å²) in [5.41, 5.74) is 8.28. The van der Waals surface area contributed by atoms with Gasteiger partial charge in [0.15, 0.2) is 0 Å². The van der Waals surface area contributed by atoms with Crippen LogP contribution in [0.15, 0.2) is 60.7 Å². The molecular formula is C29H28ClNO. The normalized spacial score (nSPS) is 18.1. The molecule has 0 saturated carbocycles. The smallest absolute Gasteiger partial charge is 0.254 e. The number of benzene rings is 3. The number of hydrogen-bond acceptors (Lipinski definition) is 1. The topological polar surface area (TPSA) is 20.3 Å². The van der Waals surface area contributed by atoms with Crippen LogP contribution in [0.1, 0.15) is 62.5 Å². The van der Waals surface area contributed by atoms with Crippen molar-refractivity contribution >= 4 is 29.7 Å². The van der Waals surface area contributed by atoms with Crippen LogP contribution in [0.25, 0.3) is 12.2 Å². The minimum absolute atomic E-state index is 0.163. The maximum absolute atomic E-state index is 13.2. The average molecular weight is 442 g/mol. The van der Waals surface area contributed by atoms with Gasteiger partial charge in [0, 0.05) is 29.6 Å². The summed E-state index contributed by atoms with van der Waals surface area (Å²) in [4.78, 5) is 15.2. The highest BCUT2D eigenvalue weighted by molar-refractivity contribution is 6.30. The lowest BCUT2D eigenvalue weighted by molar-refractivity contribution is 0.0682. The third kappa shape index (κ3) is 3.89. The van der Waals surface area contributed by atoms with Crippen LogP contribution in [-0.4, -0.2) is 23.9 Å². The van der Waals surface area contributed by atoms with E-state index < -0.39 is 0 Å². The lowest BCUT2D eigenvalue weighted by atomic mass is 9.74. The number of carbonyl (C=O) groups excluding carboxylic acids is 1. The number of fused-ring (bicyclic) bond motifs is 2. The number of aryl methyl sites for hydroxylation is 2. The van der Waals surface area contributed by atoms with E-state index in [4.69, 9.17) is 11.6 Å². The highest BCUT2D eigenvalue weighted by Gasteiger charge is 2.33. The summed E-state index contributed by atoms with van der Waals surface area (Å²) in [6.07, 6.45) is 6.40. The zero-order chi connectivity index (χ0) is 22.2. The molecule has 0 spiro atoms. The van der Waals surface area contributed by atoms with E-state index in [0.717, 1.165) is 42.1 Å². The molecule has 0 radical (unpaired) electrons. The number of nitrogens with zero attached hydrogens (tertiary/aromatic N) is 1. The average Bonchev–Trinajstić information content (AvgIpc) is 2.95. The van der Waals surface area contributed by atoms with Gasteiger partial charge in [-0.1, -0.05) is 71.8 Å². The molecule has 5 rings (SSSR count). The molecule has 1 aliphatic heterocycles. The molecule has 1 aliphatic carbocycles. The second-order valence-corrected chi connectivity index (χ2v) is 9.60. The van der Waals surface area contributed by atoms with Gasteiger partial charge in [-0.05, 0) is 78.6 Å². The summed E-state index contributed by atoms with van der Waals surface area (Å²) < 4.78 is 0. The van der Waals surface area contributed by atoms with Crippen LogP contribution in [0.5, 0.6) is 0 Å². The van der Waals surface area contributed by atoms with Crippen LogP contribution >= 0.6 is 11.6 Å². The van der Waals surface area contributed by atoms with Crippen molar-refractivity contribution in [2.75, 3.05) is 13.1 Å². The van der Waals surface area contributed by atoms with Crippen molar-refractivity contribution in [1.82, 2.24) is 4.90 Å². The van der Waals surface area contributed by atoms with Crippen molar-refractivity contribution in [1.29, 1.82) is 0 Å². The maximum Gasteiger partial charge on any atom is 0.254 e. The van der Waals surface area contributed by atoms with E-state index in [2.05, 4.69) is 61.5 Å². The van der Waals surface area contributed by atoms with Crippen LogP contribution in [0.3, 0.4) is 0 Å². The zero-order valence-corrected chi connectivity index (χ0v) is 19.4. The molecule has 1 atom stereocenters. The molecule has 3 aromatic carbocycles. The Morgan fingerprint density at radius 2 is 1.59 bits per heavy atom. The van der Waals surface area contributed by atoms with Crippen molar-refractivity contribution in [2.45, 2.75) is 32.6 Å². The lowest BCUT2D eigenvalue weighted by Gasteiger charge is -2.37. The molecule has 162 valence electrons. The van der Waals surface area contributed by atoms with Crippen LogP contribution in [0.4, 0.5) is 0 Å². The van der Waals surface area contributed by atoms with Crippen molar-refractivity contribution in [3.63, 3.8) is 0 Å². The Morgan fingerprint density at radius 1 is 0.875 bits per heavy atom. The van der Waals surface area contributed by atoms with E-state index in [1.165, 1.54) is 27.8 Å². The molecule has 0 aromatic heterocycles. The highest BCUT2D eigenvalue weighted by atomic mass is 35.5. The molecule has 2 nitrogen and oxygen atoms in total. The van der Waals surface area contributed by atoms with E-state index in [9.17, 15) is 4.79 Å². The second kappa shape index (κ2) is 8.60. The number of rotatable bonds is 2. The Labute approximate surface area is 195 Å². The van der Waals surface area contributed by atoms with Gasteiger partial charge in [0.25, 0.3) is 5.91 Å². The van der Waals surface area contributed by atoms with Crippen molar-refractivity contribution in [3.8, 4) is 0 Å². The van der Waals surface area contributed by atoms with Gasteiger partial charge in [-0.15, -0.1) is 0 Å². The van der Waals surface area contributed by atoms with E-state index in [0.29, 0.717) is 11.8 Å². The van der Waals surface area contributed by atoms with E-state index in [1.54, 1.807) is 0 Å². The SMILES string of the molecule is Cc1ccc(C(=O)N2CCC(C3c4ccccc4C=Cc4cc(Cl)ccc43)CC2)c(C)c1. The Balaban J connectivity index is 1.42. The first-order chi connectivity index (χ1) is 15.5. The number of piperidine rings is 1. The third-order valence-corrected chi connectivity index (χ3v) is 7.30. The number of halogens is 1. The standard InChI is InChI=1S/C29H28ClNO/c1-19-7-11-25(20(2)17-19)29(32)31-15-13-22(14-16-31)28-26-6-4-3-5-21(26)8-9-23-18-24(30)10-12-27(23)28/h3-12,17-18,22,28H,13-16H2,1-2H3. The van der Waals surface area contributed by atoms with Crippen LogP contribution < -0.4 is 0 Å². The van der Waals surface area contributed by atoms with Gasteiger partial charge in [0.1, 0.15) is 0 Å². The Hall–Kier alpha value is -2.84. The summed E-state index contributed by atoms with van der Waals surface area (Å²) in [7, 11) is 0. The van der Waals surface area contributed by atoms with E-state index in [-0.39, 0.29) is 5.91 Å². The third-order valence-electron chi connectivity index (χ3n) is 7.07. The quantitative estimate of drug-likeness (QED) is 0.414. The second-order valence-electron chi connectivity index (χ2n) is 9.16. The summed E-state index contributed by atoms with van der Waals surface area (Å²) in [5.74, 6) is 0.960. The maximum atomic E-state index is 13.2. The molecule has 32 heavy (non-hydrogen) atoms. The van der Waals surface area contributed by atoms with Gasteiger partial charge in [0.05, 0.1) is 0 Å². The molecule has 3 heteroatoms. The summed E-state index contributed by atoms with van der Waals surface area (Å²) in [6, 6.07) is 21.1. The molecule has 2 aliphatic rings. The minimum atomic E-state index is 0.163. The van der Waals surface area contributed by atoms with E-state index >= 15 is 0 Å². The molecule has 3 aromatic rings. The number of likely N-dealkylation sites (tertiary alicyclic amines) is 1. The van der Waals surface area contributed by atoms with Gasteiger partial charge in [-0.3, -0.25) is 4.79 Å². The predicted molar refractivity (Wildman–Crippen MR) is 133 cm³/mol. The van der Waals surface area contributed by atoms with Crippen LogP contribution in [-0.2, 0) is 0 Å².